The predicted octanol–water partition coefficient (Wildman–Crippen LogP) is 1.11. The number of carbonyl (C=O) groups excluding carboxylic acids is 2. The van der Waals surface area contributed by atoms with E-state index in [0.717, 1.165) is 18.2 Å². The van der Waals surface area contributed by atoms with Crippen LogP contribution in [-0.2, 0) is 19.0 Å². The van der Waals surface area contributed by atoms with E-state index in [0.29, 0.717) is 5.56 Å². The van der Waals surface area contributed by atoms with E-state index in [9.17, 15) is 24.9 Å². The van der Waals surface area contributed by atoms with Gasteiger partial charge in [0.1, 0.15) is 6.10 Å². The molecule has 1 amide bonds. The van der Waals surface area contributed by atoms with Crippen LogP contribution in [0.4, 0.5) is 0 Å². The lowest BCUT2D eigenvalue weighted by atomic mass is 9.84. The van der Waals surface area contributed by atoms with Crippen molar-refractivity contribution < 1.29 is 39.1 Å². The molecule has 0 aliphatic carbocycles. The maximum atomic E-state index is 12.5. The lowest BCUT2D eigenvalue weighted by molar-refractivity contribution is -0.310. The van der Waals surface area contributed by atoms with Gasteiger partial charge in [-0.25, -0.2) is 4.79 Å². The van der Waals surface area contributed by atoms with Crippen LogP contribution in [0.5, 0.6) is 0 Å². The first-order chi connectivity index (χ1) is 16.2. The molecule has 1 heterocycles. The molecule has 0 saturated carbocycles. The van der Waals surface area contributed by atoms with Gasteiger partial charge in [-0.15, -0.1) is 0 Å². The minimum atomic E-state index is -1.91. The van der Waals surface area contributed by atoms with Crippen LogP contribution in [0.2, 0.25) is 0 Å². The Morgan fingerprint density at radius 3 is 2.29 bits per heavy atom. The number of aliphatic hydroxyl groups excluding tert-OH is 3. The SMILES string of the molecule is COC(=O)[C@@]1(OC)C[C@@H](O)[C@@H](C)C([C@H](O)[C@H](O)CNC(=O)c2ccc(-c3ccccc3)cc2)O1. The van der Waals surface area contributed by atoms with Crippen molar-refractivity contribution in [1.29, 1.82) is 0 Å². The molecule has 1 aliphatic rings. The number of hydrogen-bond acceptors (Lipinski definition) is 8. The van der Waals surface area contributed by atoms with Crippen molar-refractivity contribution in [2.75, 3.05) is 20.8 Å². The van der Waals surface area contributed by atoms with Crippen molar-refractivity contribution in [3.8, 4) is 11.1 Å². The van der Waals surface area contributed by atoms with Crippen LogP contribution in [0.15, 0.2) is 54.6 Å². The summed E-state index contributed by atoms with van der Waals surface area (Å²) in [6, 6.07) is 16.7. The Balaban J connectivity index is 1.62. The molecule has 2 aromatic rings. The average Bonchev–Trinajstić information content (AvgIpc) is 2.88. The standard InChI is InChI=1S/C25H31NO8/c1-15-19(27)13-25(33-3,24(31)32-2)34-22(15)21(29)20(28)14-26-23(30)18-11-9-17(10-12-18)16-7-5-4-6-8-16/h4-12,15,19-22,27-29H,13-14H2,1-3H3,(H,26,30)/t15-,19-,20-,21-,22?,25-/m1/s1. The molecule has 0 radical (unpaired) electrons. The van der Waals surface area contributed by atoms with Crippen molar-refractivity contribution in [1.82, 2.24) is 5.32 Å². The summed E-state index contributed by atoms with van der Waals surface area (Å²) in [7, 11) is 2.38. The summed E-state index contributed by atoms with van der Waals surface area (Å²) in [5, 5.41) is 34.2. The van der Waals surface area contributed by atoms with Crippen molar-refractivity contribution >= 4 is 11.9 Å². The van der Waals surface area contributed by atoms with Gasteiger partial charge in [-0.2, -0.15) is 0 Å². The highest BCUT2D eigenvalue weighted by Crippen LogP contribution is 2.36. The molecule has 1 fully saturated rings. The van der Waals surface area contributed by atoms with Crippen molar-refractivity contribution in [3.05, 3.63) is 60.2 Å². The van der Waals surface area contributed by atoms with Crippen LogP contribution < -0.4 is 5.32 Å². The van der Waals surface area contributed by atoms with Gasteiger partial charge >= 0.3 is 5.97 Å². The van der Waals surface area contributed by atoms with E-state index in [1.807, 2.05) is 42.5 Å². The van der Waals surface area contributed by atoms with Gasteiger partial charge in [-0.3, -0.25) is 4.79 Å². The smallest absolute Gasteiger partial charge is 0.366 e. The first kappa shape index (κ1) is 25.8. The van der Waals surface area contributed by atoms with Gasteiger partial charge in [-0.05, 0) is 23.3 Å². The molecule has 3 rings (SSSR count). The van der Waals surface area contributed by atoms with Gasteiger partial charge < -0.3 is 34.8 Å². The van der Waals surface area contributed by atoms with E-state index in [2.05, 4.69) is 5.32 Å². The fraction of sp³-hybridized carbons (Fsp3) is 0.440. The van der Waals surface area contributed by atoms with Crippen LogP contribution in [0.25, 0.3) is 11.1 Å². The van der Waals surface area contributed by atoms with E-state index in [4.69, 9.17) is 14.2 Å². The van der Waals surface area contributed by atoms with E-state index in [1.165, 1.54) is 7.11 Å². The molecule has 9 nitrogen and oxygen atoms in total. The Bertz CT molecular complexity index is 967. The number of rotatable bonds is 8. The second kappa shape index (κ2) is 11.1. The summed E-state index contributed by atoms with van der Waals surface area (Å²) >= 11 is 0. The van der Waals surface area contributed by atoms with Crippen molar-refractivity contribution in [2.24, 2.45) is 5.92 Å². The third kappa shape index (κ3) is 5.45. The summed E-state index contributed by atoms with van der Waals surface area (Å²) in [6.07, 6.45) is -5.36. The highest BCUT2D eigenvalue weighted by atomic mass is 16.7. The summed E-state index contributed by atoms with van der Waals surface area (Å²) in [5.41, 5.74) is 2.38. The molecule has 9 heteroatoms. The predicted molar refractivity (Wildman–Crippen MR) is 123 cm³/mol. The van der Waals surface area contributed by atoms with Gasteiger partial charge in [0.25, 0.3) is 11.7 Å². The first-order valence-electron chi connectivity index (χ1n) is 11.0. The highest BCUT2D eigenvalue weighted by molar-refractivity contribution is 5.94. The van der Waals surface area contributed by atoms with Crippen LogP contribution in [0.1, 0.15) is 23.7 Å². The van der Waals surface area contributed by atoms with Crippen LogP contribution in [0.3, 0.4) is 0 Å². The molecule has 1 aliphatic heterocycles. The van der Waals surface area contributed by atoms with Crippen molar-refractivity contribution in [3.63, 3.8) is 0 Å². The zero-order chi connectivity index (χ0) is 24.9. The quantitative estimate of drug-likeness (QED) is 0.419. The number of hydrogen-bond donors (Lipinski definition) is 4. The summed E-state index contributed by atoms with van der Waals surface area (Å²) in [5.74, 6) is -3.82. The lowest BCUT2D eigenvalue weighted by Gasteiger charge is -2.45. The second-order valence-electron chi connectivity index (χ2n) is 8.37. The Labute approximate surface area is 198 Å². The molecule has 34 heavy (non-hydrogen) atoms. The summed E-state index contributed by atoms with van der Waals surface area (Å²) < 4.78 is 15.6. The number of ether oxygens (including phenoxy) is 3. The molecule has 0 bridgehead atoms. The minimum Gasteiger partial charge on any atom is -0.465 e. The highest BCUT2D eigenvalue weighted by Gasteiger charge is 2.54. The van der Waals surface area contributed by atoms with Gasteiger partial charge in [0, 0.05) is 31.6 Å². The molecule has 6 atom stereocenters. The molecule has 0 aromatic heterocycles. The zero-order valence-corrected chi connectivity index (χ0v) is 19.4. The van der Waals surface area contributed by atoms with E-state index in [-0.39, 0.29) is 13.0 Å². The van der Waals surface area contributed by atoms with Gasteiger partial charge in [0.15, 0.2) is 0 Å². The first-order valence-corrected chi connectivity index (χ1v) is 11.0. The lowest BCUT2D eigenvalue weighted by Crippen LogP contribution is -2.61. The molecule has 1 unspecified atom stereocenters. The monoisotopic (exact) mass is 473 g/mol. The number of carbonyl (C=O) groups is 2. The molecular formula is C25H31NO8. The van der Waals surface area contributed by atoms with E-state index in [1.54, 1.807) is 19.1 Å². The van der Waals surface area contributed by atoms with Gasteiger partial charge in [0.05, 0.1) is 25.4 Å². The number of amides is 1. The number of benzene rings is 2. The van der Waals surface area contributed by atoms with E-state index < -0.39 is 48.0 Å². The number of nitrogens with one attached hydrogen (secondary N) is 1. The average molecular weight is 474 g/mol. The molecule has 1 saturated heterocycles. The summed E-state index contributed by atoms with van der Waals surface area (Å²) in [6.45, 7) is 1.34. The number of aliphatic hydroxyl groups is 3. The Hall–Kier alpha value is -2.82. The largest absolute Gasteiger partial charge is 0.465 e. The Morgan fingerprint density at radius 1 is 1.09 bits per heavy atom. The minimum absolute atomic E-state index is 0.188. The molecular weight excluding hydrogens is 442 g/mol. The zero-order valence-electron chi connectivity index (χ0n) is 19.4. The fourth-order valence-corrected chi connectivity index (χ4v) is 4.02. The normalized spacial score (nSPS) is 26.4. The maximum Gasteiger partial charge on any atom is 0.366 e. The molecule has 0 spiro atoms. The van der Waals surface area contributed by atoms with E-state index >= 15 is 0 Å². The van der Waals surface area contributed by atoms with Gasteiger partial charge in [-0.1, -0.05) is 49.4 Å². The fourth-order valence-electron chi connectivity index (χ4n) is 4.02. The second-order valence-corrected chi connectivity index (χ2v) is 8.37. The summed E-state index contributed by atoms with van der Waals surface area (Å²) in [4.78, 5) is 24.7. The maximum absolute atomic E-state index is 12.5. The molecule has 184 valence electrons. The van der Waals surface area contributed by atoms with Crippen LogP contribution in [0, 0.1) is 5.92 Å². The Kier molecular flexibility index (Phi) is 8.40. The number of methoxy groups -OCH3 is 2. The third-order valence-electron chi connectivity index (χ3n) is 6.21. The topological polar surface area (TPSA) is 135 Å². The molecule has 2 aromatic carbocycles. The van der Waals surface area contributed by atoms with Crippen molar-refractivity contribution in [2.45, 2.75) is 43.5 Å². The molecule has 4 N–H and O–H groups in total. The van der Waals surface area contributed by atoms with Crippen LogP contribution >= 0.6 is 0 Å². The Morgan fingerprint density at radius 2 is 1.71 bits per heavy atom. The third-order valence-corrected chi connectivity index (χ3v) is 6.21. The van der Waals surface area contributed by atoms with Gasteiger partial charge in [0.2, 0.25) is 0 Å². The number of esters is 1. The van der Waals surface area contributed by atoms with Crippen LogP contribution in [-0.4, -0.2) is 78.2 Å².